The predicted octanol–water partition coefficient (Wildman–Crippen LogP) is 2.47. The van der Waals surface area contributed by atoms with E-state index in [4.69, 9.17) is 0 Å². The second-order valence-corrected chi connectivity index (χ2v) is 14.6. The first-order valence-electron chi connectivity index (χ1n) is 16.0. The molecule has 3 amide bonds. The highest BCUT2D eigenvalue weighted by molar-refractivity contribution is 5.91. The summed E-state index contributed by atoms with van der Waals surface area (Å²) in [6, 6.07) is 8.20. The van der Waals surface area contributed by atoms with Crippen molar-refractivity contribution in [2.45, 2.75) is 121 Å². The number of hydrogen-bond acceptors (Lipinski definition) is 6. The first kappa shape index (κ1) is 31.0. The van der Waals surface area contributed by atoms with Crippen LogP contribution in [0.15, 0.2) is 30.3 Å². The van der Waals surface area contributed by atoms with E-state index < -0.39 is 23.9 Å². The van der Waals surface area contributed by atoms with Crippen LogP contribution in [0.1, 0.15) is 85.1 Å². The maximum absolute atomic E-state index is 13.7. The second-order valence-electron chi connectivity index (χ2n) is 14.6. The summed E-state index contributed by atoms with van der Waals surface area (Å²) < 4.78 is 0. The van der Waals surface area contributed by atoms with Crippen molar-refractivity contribution >= 4 is 17.7 Å². The normalized spacial score (nSPS) is 30.2. The number of aliphatic hydroxyl groups excluding tert-OH is 1. The number of piperidine rings is 1. The van der Waals surface area contributed by atoms with Crippen molar-refractivity contribution in [3.63, 3.8) is 0 Å². The van der Waals surface area contributed by atoms with Gasteiger partial charge in [-0.25, -0.2) is 0 Å². The van der Waals surface area contributed by atoms with Gasteiger partial charge in [-0.3, -0.25) is 24.6 Å². The highest BCUT2D eigenvalue weighted by Crippen LogP contribution is 2.45. The highest BCUT2D eigenvalue weighted by atomic mass is 16.3. The topological polar surface area (TPSA) is 123 Å². The molecule has 1 unspecified atom stereocenters. The third-order valence-corrected chi connectivity index (χ3v) is 10.3. The zero-order chi connectivity index (χ0) is 30.3. The third kappa shape index (κ3) is 6.68. The van der Waals surface area contributed by atoms with Gasteiger partial charge < -0.3 is 21.1 Å². The SMILES string of the molecule is CC(C)[C@H](NC(=O)C1(C)CC1)C(=O)N[C@@H](Cc1ccccc1)[C@H](O)CN1CC2CCCC[C@@]23C[C@H]1C(=O)NC(C)(C)N3. The number of likely N-dealkylation sites (tertiary alicyclic amines) is 1. The molecular formula is C33H51N5O4. The lowest BCUT2D eigenvalue weighted by Crippen LogP contribution is -2.67. The molecule has 9 heteroatoms. The van der Waals surface area contributed by atoms with Gasteiger partial charge >= 0.3 is 0 Å². The van der Waals surface area contributed by atoms with E-state index in [0.717, 1.165) is 50.6 Å². The molecule has 6 atom stereocenters. The van der Waals surface area contributed by atoms with Crippen molar-refractivity contribution in [2.24, 2.45) is 17.3 Å². The van der Waals surface area contributed by atoms with Crippen molar-refractivity contribution in [3.8, 4) is 0 Å². The number of fused-ring (bicyclic) bond motifs is 1. The molecule has 1 spiro atoms. The van der Waals surface area contributed by atoms with Crippen LogP contribution < -0.4 is 21.3 Å². The Morgan fingerprint density at radius 1 is 1.07 bits per heavy atom. The van der Waals surface area contributed by atoms with Crippen LogP contribution in [-0.2, 0) is 20.8 Å². The van der Waals surface area contributed by atoms with Crippen LogP contribution in [0.3, 0.4) is 0 Å². The number of benzene rings is 1. The maximum atomic E-state index is 13.7. The Labute approximate surface area is 250 Å². The van der Waals surface area contributed by atoms with E-state index in [1.807, 2.05) is 65.0 Å². The molecule has 9 nitrogen and oxygen atoms in total. The molecule has 2 heterocycles. The zero-order valence-electron chi connectivity index (χ0n) is 26.0. The molecule has 1 aromatic carbocycles. The molecule has 4 fully saturated rings. The molecule has 2 saturated heterocycles. The van der Waals surface area contributed by atoms with E-state index >= 15 is 0 Å². The van der Waals surface area contributed by atoms with Crippen LogP contribution in [0.2, 0.25) is 0 Å². The van der Waals surface area contributed by atoms with Gasteiger partial charge in [-0.2, -0.15) is 0 Å². The fraction of sp³-hybridized carbons (Fsp3) is 0.727. The van der Waals surface area contributed by atoms with Gasteiger partial charge in [0.15, 0.2) is 0 Å². The average Bonchev–Trinajstić information content (AvgIpc) is 3.69. The van der Waals surface area contributed by atoms with Gasteiger partial charge in [0.05, 0.1) is 23.9 Å². The van der Waals surface area contributed by atoms with Crippen molar-refractivity contribution < 1.29 is 19.5 Å². The van der Waals surface area contributed by atoms with Crippen molar-refractivity contribution in [1.29, 1.82) is 0 Å². The number of nitrogens with zero attached hydrogens (tertiary/aromatic N) is 1. The lowest BCUT2D eigenvalue weighted by molar-refractivity contribution is -0.134. The van der Waals surface area contributed by atoms with Crippen molar-refractivity contribution in [2.75, 3.05) is 13.1 Å². The van der Waals surface area contributed by atoms with Gasteiger partial charge in [-0.1, -0.05) is 63.9 Å². The van der Waals surface area contributed by atoms with Gasteiger partial charge in [-0.15, -0.1) is 0 Å². The van der Waals surface area contributed by atoms with Crippen LogP contribution in [-0.4, -0.2) is 76.2 Å². The third-order valence-electron chi connectivity index (χ3n) is 10.3. The number of nitrogens with one attached hydrogen (secondary N) is 4. The lowest BCUT2D eigenvalue weighted by atomic mass is 9.66. The lowest BCUT2D eigenvalue weighted by Gasteiger charge is -2.54. The predicted molar refractivity (Wildman–Crippen MR) is 162 cm³/mol. The Hall–Kier alpha value is -2.49. The molecule has 42 heavy (non-hydrogen) atoms. The molecule has 2 saturated carbocycles. The Morgan fingerprint density at radius 3 is 2.45 bits per heavy atom. The highest BCUT2D eigenvalue weighted by Gasteiger charge is 2.54. The summed E-state index contributed by atoms with van der Waals surface area (Å²) >= 11 is 0. The molecular weight excluding hydrogens is 530 g/mol. The van der Waals surface area contributed by atoms with E-state index in [-0.39, 0.29) is 47.2 Å². The molecule has 0 aromatic heterocycles. The van der Waals surface area contributed by atoms with E-state index in [1.165, 1.54) is 6.42 Å². The number of β-amino-alcohol motifs (C(OH)–C–C–N with tert-alkyl or cyclic N) is 1. The maximum Gasteiger partial charge on any atom is 0.243 e. The summed E-state index contributed by atoms with van der Waals surface area (Å²) in [7, 11) is 0. The van der Waals surface area contributed by atoms with Gasteiger partial charge in [0, 0.05) is 24.0 Å². The Balaban J connectivity index is 1.35. The Kier molecular flexibility index (Phi) is 8.76. The minimum atomic E-state index is -0.910. The van der Waals surface area contributed by atoms with Crippen molar-refractivity contribution in [3.05, 3.63) is 35.9 Å². The summed E-state index contributed by atoms with van der Waals surface area (Å²) in [5.74, 6) is -0.117. The molecule has 1 aromatic rings. The number of rotatable bonds is 10. The summed E-state index contributed by atoms with van der Waals surface area (Å²) in [4.78, 5) is 42.2. The number of carbonyl (C=O) groups excluding carboxylic acids is 3. The van der Waals surface area contributed by atoms with Gasteiger partial charge in [-0.05, 0) is 69.8 Å². The van der Waals surface area contributed by atoms with E-state index in [9.17, 15) is 19.5 Å². The van der Waals surface area contributed by atoms with Crippen LogP contribution >= 0.6 is 0 Å². The van der Waals surface area contributed by atoms with Crippen LogP contribution in [0.5, 0.6) is 0 Å². The van der Waals surface area contributed by atoms with Crippen molar-refractivity contribution in [1.82, 2.24) is 26.2 Å². The van der Waals surface area contributed by atoms with E-state index in [0.29, 0.717) is 12.3 Å². The Bertz CT molecular complexity index is 1150. The fourth-order valence-electron chi connectivity index (χ4n) is 7.51. The quantitative estimate of drug-likeness (QED) is 0.289. The number of carbonyl (C=O) groups is 3. The summed E-state index contributed by atoms with van der Waals surface area (Å²) in [6.07, 6.45) is 6.39. The molecule has 2 bridgehead atoms. The fourth-order valence-corrected chi connectivity index (χ4v) is 7.51. The summed E-state index contributed by atoms with van der Waals surface area (Å²) in [5, 5.41) is 24.9. The molecule has 5 rings (SSSR count). The summed E-state index contributed by atoms with van der Waals surface area (Å²) in [6.45, 7) is 10.8. The number of hydrogen-bond donors (Lipinski definition) is 5. The second kappa shape index (κ2) is 11.9. The largest absolute Gasteiger partial charge is 0.390 e. The minimum Gasteiger partial charge on any atom is -0.390 e. The summed E-state index contributed by atoms with van der Waals surface area (Å²) in [5.41, 5.74) is 0.0154. The van der Waals surface area contributed by atoms with E-state index in [1.54, 1.807) is 0 Å². The molecule has 2 aliphatic carbocycles. The first-order chi connectivity index (χ1) is 19.8. The van der Waals surface area contributed by atoms with E-state index in [2.05, 4.69) is 26.2 Å². The van der Waals surface area contributed by atoms with Crippen LogP contribution in [0, 0.1) is 17.3 Å². The molecule has 232 valence electrons. The Morgan fingerprint density at radius 2 is 1.79 bits per heavy atom. The molecule has 4 aliphatic rings. The van der Waals surface area contributed by atoms with Crippen LogP contribution in [0.4, 0.5) is 0 Å². The van der Waals surface area contributed by atoms with Crippen LogP contribution in [0.25, 0.3) is 0 Å². The first-order valence-corrected chi connectivity index (χ1v) is 16.0. The standard InChI is InChI=1S/C33H51N5O4/c1-21(2)27(35-30(42)32(5)15-16-32)29(41)34-24(17-22-11-7-6-8-12-22)26(39)20-38-19-23-13-9-10-14-33(23)18-25(38)28(40)36-31(3,4)37-33/h6-8,11-12,21,23-27,37,39H,9-10,13-20H2,1-5H3,(H,34,41)(H,35,42)(H,36,40)/t23?,24-,25-,26+,27-,33+/m0/s1. The monoisotopic (exact) mass is 581 g/mol. The van der Waals surface area contributed by atoms with Gasteiger partial charge in [0.1, 0.15) is 6.04 Å². The average molecular weight is 582 g/mol. The zero-order valence-corrected chi connectivity index (χ0v) is 26.0. The smallest absolute Gasteiger partial charge is 0.243 e. The molecule has 0 radical (unpaired) electrons. The van der Waals surface area contributed by atoms with Gasteiger partial charge in [0.25, 0.3) is 0 Å². The molecule has 5 N–H and O–H groups in total. The number of aliphatic hydroxyl groups is 1. The molecule has 2 aliphatic heterocycles. The number of amides is 3. The van der Waals surface area contributed by atoms with Gasteiger partial charge in [0.2, 0.25) is 17.7 Å². The minimum absolute atomic E-state index is 0.0135.